The molecule has 0 radical (unpaired) electrons. The number of amides is 1. The zero-order valence-electron chi connectivity index (χ0n) is 14.8. The zero-order valence-corrected chi connectivity index (χ0v) is 15.7. The highest BCUT2D eigenvalue weighted by Crippen LogP contribution is 2.34. The van der Waals surface area contributed by atoms with Gasteiger partial charge in [-0.15, -0.1) is 0 Å². The van der Waals surface area contributed by atoms with Crippen LogP contribution >= 0.6 is 0 Å². The van der Waals surface area contributed by atoms with Gasteiger partial charge in [0.15, 0.2) is 0 Å². The maximum Gasteiger partial charge on any atom is 0.336 e. The average Bonchev–Trinajstić information content (AvgIpc) is 2.72. The number of carboxylic acids is 1. The Balaban J connectivity index is 1.76. The fourth-order valence-electron chi connectivity index (χ4n) is 3.42. The Hall–Kier alpha value is -3.25. The van der Waals surface area contributed by atoms with Crippen molar-refractivity contribution in [3.8, 4) is 0 Å². The number of nitrogens with one attached hydrogen (secondary N) is 1. The molecule has 140 valence electrons. The van der Waals surface area contributed by atoms with E-state index in [0.717, 1.165) is 11.1 Å². The van der Waals surface area contributed by atoms with Gasteiger partial charge in [0.2, 0.25) is 0 Å². The number of benzene rings is 3. The molecular weight excluding hydrogens is 374 g/mol. The van der Waals surface area contributed by atoms with Crippen molar-refractivity contribution in [3.05, 3.63) is 94.5 Å². The van der Waals surface area contributed by atoms with Crippen molar-refractivity contribution >= 4 is 22.7 Å². The van der Waals surface area contributed by atoms with Crippen molar-refractivity contribution in [2.24, 2.45) is 0 Å². The molecule has 1 unspecified atom stereocenters. The summed E-state index contributed by atoms with van der Waals surface area (Å²) in [6, 6.07) is 19.6. The first-order chi connectivity index (χ1) is 13.6. The molecular formula is C22H17NO4S. The van der Waals surface area contributed by atoms with Crippen LogP contribution in [0.15, 0.2) is 76.5 Å². The van der Waals surface area contributed by atoms with E-state index in [9.17, 15) is 18.9 Å². The van der Waals surface area contributed by atoms with Crippen LogP contribution in [0.4, 0.5) is 0 Å². The standard InChI is InChI=1S/C22H17NO4S/c24-21(23-13-14-6-2-1-3-7-14)20-16(22(25)26)10-11-19-17(20)12-15-8-4-5-9-18(15)28(19)27/h1-11H,12-13H2,(H,23,24)(H,25,26). The van der Waals surface area contributed by atoms with Crippen molar-refractivity contribution in [1.82, 2.24) is 5.32 Å². The van der Waals surface area contributed by atoms with E-state index < -0.39 is 22.7 Å². The van der Waals surface area contributed by atoms with Crippen LogP contribution in [0.2, 0.25) is 0 Å². The highest BCUT2D eigenvalue weighted by molar-refractivity contribution is 7.85. The fraction of sp³-hybridized carbons (Fsp3) is 0.0909. The SMILES string of the molecule is O=C(O)c1ccc2c(c1C(=O)NCc1ccccc1)Cc1ccccc1S2=O. The highest BCUT2D eigenvalue weighted by Gasteiger charge is 2.29. The van der Waals surface area contributed by atoms with Crippen molar-refractivity contribution in [3.63, 3.8) is 0 Å². The summed E-state index contributed by atoms with van der Waals surface area (Å²) < 4.78 is 13.0. The van der Waals surface area contributed by atoms with Crippen molar-refractivity contribution in [1.29, 1.82) is 0 Å². The zero-order chi connectivity index (χ0) is 19.7. The fourth-order valence-corrected chi connectivity index (χ4v) is 4.83. The summed E-state index contributed by atoms with van der Waals surface area (Å²) in [5, 5.41) is 12.4. The molecule has 2 N–H and O–H groups in total. The largest absolute Gasteiger partial charge is 0.478 e. The van der Waals surface area contributed by atoms with Gasteiger partial charge in [-0.1, -0.05) is 48.5 Å². The molecule has 3 aromatic rings. The van der Waals surface area contributed by atoms with Crippen molar-refractivity contribution < 1.29 is 18.9 Å². The number of carboxylic acid groups (broad SMARTS) is 1. The molecule has 0 aliphatic carbocycles. The summed E-state index contributed by atoms with van der Waals surface area (Å²) in [4.78, 5) is 25.9. The second-order valence-electron chi connectivity index (χ2n) is 6.49. The lowest BCUT2D eigenvalue weighted by Gasteiger charge is -2.22. The molecule has 4 rings (SSSR count). The average molecular weight is 391 g/mol. The number of hydrogen-bond donors (Lipinski definition) is 2. The summed E-state index contributed by atoms with van der Waals surface area (Å²) in [6.45, 7) is 0.280. The Kier molecular flexibility index (Phi) is 4.79. The second-order valence-corrected chi connectivity index (χ2v) is 7.91. The minimum Gasteiger partial charge on any atom is -0.478 e. The van der Waals surface area contributed by atoms with E-state index in [1.807, 2.05) is 48.5 Å². The Bertz CT molecular complexity index is 1110. The number of aromatic carboxylic acids is 1. The van der Waals surface area contributed by atoms with Gasteiger partial charge in [0.1, 0.15) is 0 Å². The topological polar surface area (TPSA) is 83.5 Å². The molecule has 3 aromatic carbocycles. The van der Waals surface area contributed by atoms with Gasteiger partial charge in [-0.05, 0) is 34.9 Å². The molecule has 0 fully saturated rings. The van der Waals surface area contributed by atoms with Gasteiger partial charge in [0.25, 0.3) is 5.91 Å². The Morgan fingerprint density at radius 1 is 0.929 bits per heavy atom. The van der Waals surface area contributed by atoms with Crippen LogP contribution < -0.4 is 5.32 Å². The molecule has 28 heavy (non-hydrogen) atoms. The third-order valence-corrected chi connectivity index (χ3v) is 6.34. The smallest absolute Gasteiger partial charge is 0.336 e. The van der Waals surface area contributed by atoms with Crippen LogP contribution in [0.25, 0.3) is 0 Å². The second kappa shape index (κ2) is 7.40. The summed E-state index contributed by atoms with van der Waals surface area (Å²) in [7, 11) is -1.45. The summed E-state index contributed by atoms with van der Waals surface area (Å²) >= 11 is 0. The van der Waals surface area contributed by atoms with E-state index in [0.29, 0.717) is 21.8 Å². The first-order valence-electron chi connectivity index (χ1n) is 8.77. The summed E-state index contributed by atoms with van der Waals surface area (Å²) in [6.07, 6.45) is 0.368. The predicted octanol–water partition coefficient (Wildman–Crippen LogP) is 3.39. The maximum atomic E-state index is 13.0. The lowest BCUT2D eigenvalue weighted by Crippen LogP contribution is -2.28. The first-order valence-corrected chi connectivity index (χ1v) is 9.92. The number of carbonyl (C=O) groups excluding carboxylic acids is 1. The lowest BCUT2D eigenvalue weighted by molar-refractivity contribution is 0.0690. The monoisotopic (exact) mass is 391 g/mol. The molecule has 0 bridgehead atoms. The molecule has 0 saturated heterocycles. The molecule has 1 amide bonds. The minimum atomic E-state index is -1.45. The highest BCUT2D eigenvalue weighted by atomic mass is 32.2. The van der Waals surface area contributed by atoms with Gasteiger partial charge in [-0.25, -0.2) is 9.00 Å². The van der Waals surface area contributed by atoms with E-state index in [2.05, 4.69) is 5.32 Å². The first kappa shape index (κ1) is 18.1. The number of fused-ring (bicyclic) bond motifs is 2. The molecule has 5 nitrogen and oxygen atoms in total. The van der Waals surface area contributed by atoms with Crippen LogP contribution in [0.1, 0.15) is 37.4 Å². The number of hydrogen-bond acceptors (Lipinski definition) is 3. The molecule has 0 saturated carbocycles. The van der Waals surface area contributed by atoms with E-state index >= 15 is 0 Å². The Morgan fingerprint density at radius 2 is 1.64 bits per heavy atom. The number of carbonyl (C=O) groups is 2. The normalized spacial score (nSPS) is 14.6. The van der Waals surface area contributed by atoms with E-state index in [4.69, 9.17) is 0 Å². The molecule has 1 atom stereocenters. The van der Waals surface area contributed by atoms with Crippen molar-refractivity contribution in [2.75, 3.05) is 0 Å². The third-order valence-electron chi connectivity index (χ3n) is 4.76. The minimum absolute atomic E-state index is 0.0827. The Labute approximate surface area is 164 Å². The van der Waals surface area contributed by atoms with Crippen LogP contribution in [0.3, 0.4) is 0 Å². The van der Waals surface area contributed by atoms with Crippen molar-refractivity contribution in [2.45, 2.75) is 22.8 Å². The van der Waals surface area contributed by atoms with Gasteiger partial charge < -0.3 is 10.4 Å². The van der Waals surface area contributed by atoms with Gasteiger partial charge in [0.05, 0.1) is 21.9 Å². The number of rotatable bonds is 4. The van der Waals surface area contributed by atoms with Gasteiger partial charge in [-0.3, -0.25) is 4.79 Å². The van der Waals surface area contributed by atoms with Gasteiger partial charge in [0, 0.05) is 22.8 Å². The lowest BCUT2D eigenvalue weighted by atomic mass is 9.94. The maximum absolute atomic E-state index is 13.0. The molecule has 1 aliphatic heterocycles. The molecule has 1 heterocycles. The van der Waals surface area contributed by atoms with E-state index in [-0.39, 0.29) is 17.7 Å². The quantitative estimate of drug-likeness (QED) is 0.559. The summed E-state index contributed by atoms with van der Waals surface area (Å²) in [5.41, 5.74) is 2.27. The molecule has 1 aliphatic rings. The van der Waals surface area contributed by atoms with Crippen LogP contribution in [-0.2, 0) is 23.8 Å². The third kappa shape index (κ3) is 3.23. The van der Waals surface area contributed by atoms with Gasteiger partial charge >= 0.3 is 5.97 Å². The van der Waals surface area contributed by atoms with Crippen LogP contribution in [0.5, 0.6) is 0 Å². The van der Waals surface area contributed by atoms with E-state index in [1.54, 1.807) is 12.1 Å². The predicted molar refractivity (Wildman–Crippen MR) is 105 cm³/mol. The van der Waals surface area contributed by atoms with Crippen LogP contribution in [0, 0.1) is 0 Å². The summed E-state index contributed by atoms with van der Waals surface area (Å²) in [5.74, 6) is -1.66. The molecule has 0 aromatic heterocycles. The van der Waals surface area contributed by atoms with Crippen LogP contribution in [-0.4, -0.2) is 21.2 Å². The Morgan fingerprint density at radius 3 is 2.39 bits per heavy atom. The van der Waals surface area contributed by atoms with Gasteiger partial charge in [-0.2, -0.15) is 0 Å². The molecule has 0 spiro atoms. The van der Waals surface area contributed by atoms with E-state index in [1.165, 1.54) is 6.07 Å². The molecule has 6 heteroatoms.